The Hall–Kier alpha value is -0.110. The van der Waals surface area contributed by atoms with Gasteiger partial charge in [-0.15, -0.1) is 0 Å². The maximum Gasteiger partial charge on any atom is 0.136 e. The van der Waals surface area contributed by atoms with Gasteiger partial charge in [0.2, 0.25) is 0 Å². The van der Waals surface area contributed by atoms with Crippen molar-refractivity contribution in [2.75, 3.05) is 0 Å². The summed E-state index contributed by atoms with van der Waals surface area (Å²) in [6.07, 6.45) is 6.16. The fraction of sp³-hybridized carbons (Fsp3) is 0.625. The largest absolute Gasteiger partial charge is 0.299 e. The molecule has 10 heavy (non-hydrogen) atoms. The number of rotatable bonds is 1. The van der Waals surface area contributed by atoms with E-state index in [4.69, 9.17) is 0 Å². The molecule has 0 N–H and O–H groups in total. The molecule has 0 fully saturated rings. The van der Waals surface area contributed by atoms with Crippen molar-refractivity contribution in [3.8, 4) is 0 Å². The molecule has 0 aromatic rings. The maximum atomic E-state index is 10.8. The van der Waals surface area contributed by atoms with E-state index >= 15 is 0 Å². The average molecular weight is 203 g/mol. The van der Waals surface area contributed by atoms with Crippen molar-refractivity contribution in [3.63, 3.8) is 0 Å². The Morgan fingerprint density at radius 1 is 1.50 bits per heavy atom. The molecule has 1 unspecified atom stereocenters. The van der Waals surface area contributed by atoms with Crippen LogP contribution in [0.5, 0.6) is 0 Å². The van der Waals surface area contributed by atoms with Crippen LogP contribution in [0.15, 0.2) is 12.2 Å². The van der Waals surface area contributed by atoms with Crippen LogP contribution >= 0.6 is 15.9 Å². The number of alkyl halides is 1. The summed E-state index contributed by atoms with van der Waals surface area (Å²) in [6, 6.07) is 0. The van der Waals surface area contributed by atoms with Crippen LogP contribution in [-0.4, -0.2) is 10.6 Å². The minimum absolute atomic E-state index is 0.189. The number of hydrogen-bond donors (Lipinski definition) is 0. The lowest BCUT2D eigenvalue weighted by molar-refractivity contribution is -0.119. The van der Waals surface area contributed by atoms with Crippen molar-refractivity contribution in [1.82, 2.24) is 0 Å². The van der Waals surface area contributed by atoms with Gasteiger partial charge >= 0.3 is 0 Å². The Bertz CT molecular complexity index is 163. The molecule has 0 spiro atoms. The number of ketones is 1. The smallest absolute Gasteiger partial charge is 0.136 e. The van der Waals surface area contributed by atoms with E-state index in [1.54, 1.807) is 6.92 Å². The summed E-state index contributed by atoms with van der Waals surface area (Å²) in [5, 5.41) is 0. The van der Waals surface area contributed by atoms with E-state index in [1.165, 1.54) is 0 Å². The second-order valence-electron chi connectivity index (χ2n) is 2.70. The van der Waals surface area contributed by atoms with Crippen LogP contribution < -0.4 is 0 Å². The first-order valence-electron chi connectivity index (χ1n) is 3.53. The minimum Gasteiger partial charge on any atom is -0.299 e. The van der Waals surface area contributed by atoms with Gasteiger partial charge in [-0.05, 0) is 19.8 Å². The molecule has 0 heterocycles. The third-order valence-corrected chi connectivity index (χ3v) is 2.59. The maximum absolute atomic E-state index is 10.8. The standard InChI is InChI=1S/C8H11BrO/c1-6(10)7-2-4-8(9)5-3-7/h2,4,7-8H,3,5H2,1H3/t7?,8-/m1/s1. The normalized spacial score (nSPS) is 32.2. The van der Waals surface area contributed by atoms with Crippen LogP contribution in [0.3, 0.4) is 0 Å². The highest BCUT2D eigenvalue weighted by Crippen LogP contribution is 2.22. The Morgan fingerprint density at radius 3 is 2.60 bits per heavy atom. The summed E-state index contributed by atoms with van der Waals surface area (Å²) in [5.74, 6) is 0.476. The quantitative estimate of drug-likeness (QED) is 0.472. The Labute approximate surface area is 69.6 Å². The highest BCUT2D eigenvalue weighted by Gasteiger charge is 2.16. The number of halogens is 1. The predicted octanol–water partition coefficient (Wildman–Crippen LogP) is 2.31. The van der Waals surface area contributed by atoms with Gasteiger partial charge in [-0.25, -0.2) is 0 Å². The molecule has 1 aliphatic rings. The fourth-order valence-electron chi connectivity index (χ4n) is 1.12. The zero-order chi connectivity index (χ0) is 7.56. The topological polar surface area (TPSA) is 17.1 Å². The first-order chi connectivity index (χ1) is 4.70. The molecule has 1 nitrogen and oxygen atoms in total. The lowest BCUT2D eigenvalue weighted by atomic mass is 9.93. The molecule has 0 aliphatic heterocycles. The van der Waals surface area contributed by atoms with Crippen LogP contribution in [0.4, 0.5) is 0 Å². The number of carbonyl (C=O) groups excluding carboxylic acids is 1. The van der Waals surface area contributed by atoms with E-state index in [0.29, 0.717) is 4.83 Å². The molecular formula is C8H11BrO. The molecular weight excluding hydrogens is 192 g/mol. The van der Waals surface area contributed by atoms with E-state index in [1.807, 2.05) is 6.08 Å². The van der Waals surface area contributed by atoms with Gasteiger partial charge in [0.1, 0.15) is 5.78 Å². The first kappa shape index (κ1) is 7.99. The molecule has 1 aliphatic carbocycles. The summed E-state index contributed by atoms with van der Waals surface area (Å²) in [7, 11) is 0. The van der Waals surface area contributed by atoms with E-state index in [2.05, 4.69) is 22.0 Å². The number of carbonyl (C=O) groups is 1. The molecule has 0 saturated heterocycles. The van der Waals surface area contributed by atoms with Crippen molar-refractivity contribution >= 4 is 21.7 Å². The monoisotopic (exact) mass is 202 g/mol. The lowest BCUT2D eigenvalue weighted by Gasteiger charge is -2.16. The Balaban J connectivity index is 2.53. The van der Waals surface area contributed by atoms with Crippen molar-refractivity contribution in [3.05, 3.63) is 12.2 Å². The SMILES string of the molecule is CC(=O)C1C=C[C@@H](Br)CC1. The molecule has 0 bridgehead atoms. The fourth-order valence-corrected chi connectivity index (χ4v) is 1.57. The van der Waals surface area contributed by atoms with Gasteiger partial charge in [0.05, 0.1) is 0 Å². The minimum atomic E-state index is 0.189. The molecule has 0 radical (unpaired) electrons. The molecule has 0 aromatic heterocycles. The molecule has 0 amide bonds. The van der Waals surface area contributed by atoms with Gasteiger partial charge in [0.15, 0.2) is 0 Å². The van der Waals surface area contributed by atoms with Crippen molar-refractivity contribution in [1.29, 1.82) is 0 Å². The third-order valence-electron chi connectivity index (χ3n) is 1.83. The molecule has 2 heteroatoms. The van der Waals surface area contributed by atoms with Crippen LogP contribution in [0.1, 0.15) is 19.8 Å². The number of Topliss-reactive ketones (excluding diaryl/α,β-unsaturated/α-hetero) is 1. The average Bonchev–Trinajstić information content (AvgIpc) is 1.88. The van der Waals surface area contributed by atoms with Crippen molar-refractivity contribution in [2.45, 2.75) is 24.6 Å². The highest BCUT2D eigenvalue weighted by molar-refractivity contribution is 9.09. The van der Waals surface area contributed by atoms with Gasteiger partial charge < -0.3 is 0 Å². The van der Waals surface area contributed by atoms with Crippen LogP contribution in [0, 0.1) is 5.92 Å². The third kappa shape index (κ3) is 1.94. The van der Waals surface area contributed by atoms with Gasteiger partial charge in [0, 0.05) is 10.7 Å². The zero-order valence-corrected chi connectivity index (χ0v) is 7.60. The Kier molecular flexibility index (Phi) is 2.66. The number of hydrogen-bond acceptors (Lipinski definition) is 1. The summed E-state index contributed by atoms with van der Waals surface area (Å²) < 4.78 is 0. The Morgan fingerprint density at radius 2 is 2.20 bits per heavy atom. The van der Waals surface area contributed by atoms with Gasteiger partial charge in [-0.2, -0.15) is 0 Å². The van der Waals surface area contributed by atoms with Crippen molar-refractivity contribution < 1.29 is 4.79 Å². The summed E-state index contributed by atoms with van der Waals surface area (Å²) in [4.78, 5) is 11.3. The summed E-state index contributed by atoms with van der Waals surface area (Å²) >= 11 is 3.47. The molecule has 0 saturated carbocycles. The van der Waals surface area contributed by atoms with E-state index in [-0.39, 0.29) is 11.7 Å². The van der Waals surface area contributed by atoms with Crippen molar-refractivity contribution in [2.24, 2.45) is 5.92 Å². The lowest BCUT2D eigenvalue weighted by Crippen LogP contribution is -2.14. The van der Waals surface area contributed by atoms with E-state index in [9.17, 15) is 4.79 Å². The number of allylic oxidation sites excluding steroid dienone is 2. The van der Waals surface area contributed by atoms with Crippen LogP contribution in [0.2, 0.25) is 0 Å². The first-order valence-corrected chi connectivity index (χ1v) is 4.44. The van der Waals surface area contributed by atoms with Gasteiger partial charge in [-0.1, -0.05) is 28.1 Å². The second-order valence-corrected chi connectivity index (χ2v) is 3.87. The van der Waals surface area contributed by atoms with E-state index < -0.39 is 0 Å². The van der Waals surface area contributed by atoms with Crippen LogP contribution in [-0.2, 0) is 4.79 Å². The summed E-state index contributed by atoms with van der Waals surface area (Å²) in [5.41, 5.74) is 0. The summed E-state index contributed by atoms with van der Waals surface area (Å²) in [6.45, 7) is 1.66. The molecule has 1 rings (SSSR count). The molecule has 0 aromatic carbocycles. The zero-order valence-electron chi connectivity index (χ0n) is 6.01. The van der Waals surface area contributed by atoms with Crippen LogP contribution in [0.25, 0.3) is 0 Å². The predicted molar refractivity (Wildman–Crippen MR) is 45.3 cm³/mol. The molecule has 2 atom stereocenters. The van der Waals surface area contributed by atoms with Gasteiger partial charge in [0.25, 0.3) is 0 Å². The van der Waals surface area contributed by atoms with E-state index in [0.717, 1.165) is 12.8 Å². The molecule has 56 valence electrons. The second kappa shape index (κ2) is 3.33. The highest BCUT2D eigenvalue weighted by atomic mass is 79.9. The van der Waals surface area contributed by atoms with Gasteiger partial charge in [-0.3, -0.25) is 4.79 Å².